The molecule has 1 aromatic carbocycles. The SMILES string of the molecule is CCCCCC(=O)N1CCC(N(Cc2ccc(C)cc2)C(=O)CN(CC(C)C)S(=O)(=O)CC)CC1. The predicted octanol–water partition coefficient (Wildman–Crippen LogP) is 4.20. The maximum Gasteiger partial charge on any atom is 0.238 e. The molecule has 7 nitrogen and oxygen atoms in total. The number of amides is 2. The van der Waals surface area contributed by atoms with E-state index in [0.717, 1.165) is 30.4 Å². The summed E-state index contributed by atoms with van der Waals surface area (Å²) in [5, 5.41) is 0. The number of aryl methyl sites for hydroxylation is 1. The Balaban J connectivity index is 2.16. The molecule has 1 aliphatic heterocycles. The Labute approximate surface area is 212 Å². The topological polar surface area (TPSA) is 78.0 Å². The number of carbonyl (C=O) groups excluding carboxylic acids is 2. The Kier molecular flexibility index (Phi) is 11.7. The fourth-order valence-electron chi connectivity index (χ4n) is 4.53. The molecule has 35 heavy (non-hydrogen) atoms. The van der Waals surface area contributed by atoms with E-state index in [2.05, 4.69) is 6.92 Å². The number of rotatable bonds is 13. The van der Waals surface area contributed by atoms with Gasteiger partial charge in [-0.3, -0.25) is 9.59 Å². The van der Waals surface area contributed by atoms with E-state index >= 15 is 0 Å². The molecule has 0 radical (unpaired) electrons. The van der Waals surface area contributed by atoms with Crippen LogP contribution in [0.4, 0.5) is 0 Å². The van der Waals surface area contributed by atoms with Crippen molar-refractivity contribution >= 4 is 21.8 Å². The van der Waals surface area contributed by atoms with Crippen LogP contribution in [-0.2, 0) is 26.2 Å². The average molecular weight is 508 g/mol. The lowest BCUT2D eigenvalue weighted by atomic mass is 10.0. The van der Waals surface area contributed by atoms with Crippen molar-refractivity contribution in [1.82, 2.24) is 14.1 Å². The highest BCUT2D eigenvalue weighted by atomic mass is 32.2. The van der Waals surface area contributed by atoms with Crippen LogP contribution in [0.1, 0.15) is 77.3 Å². The molecule has 0 atom stereocenters. The van der Waals surface area contributed by atoms with Crippen molar-refractivity contribution in [3.05, 3.63) is 35.4 Å². The number of nitrogens with zero attached hydrogens (tertiary/aromatic N) is 3. The second kappa shape index (κ2) is 14.0. The molecule has 2 rings (SSSR count). The highest BCUT2D eigenvalue weighted by Gasteiger charge is 2.32. The molecular formula is C27H45N3O4S. The smallest absolute Gasteiger partial charge is 0.238 e. The van der Waals surface area contributed by atoms with Gasteiger partial charge in [0.25, 0.3) is 0 Å². The quantitative estimate of drug-likeness (QED) is 0.375. The molecule has 198 valence electrons. The van der Waals surface area contributed by atoms with Crippen LogP contribution in [0.15, 0.2) is 24.3 Å². The third-order valence-corrected chi connectivity index (χ3v) is 8.48. The van der Waals surface area contributed by atoms with E-state index < -0.39 is 10.0 Å². The number of hydrogen-bond acceptors (Lipinski definition) is 4. The molecule has 1 aromatic rings. The van der Waals surface area contributed by atoms with Crippen LogP contribution in [0, 0.1) is 12.8 Å². The van der Waals surface area contributed by atoms with Gasteiger partial charge in [-0.2, -0.15) is 4.31 Å². The largest absolute Gasteiger partial charge is 0.343 e. The number of likely N-dealkylation sites (tertiary alicyclic amines) is 1. The Morgan fingerprint density at radius 3 is 2.23 bits per heavy atom. The van der Waals surface area contributed by atoms with Gasteiger partial charge in [-0.05, 0) is 44.6 Å². The molecule has 0 N–H and O–H groups in total. The Morgan fingerprint density at radius 2 is 1.69 bits per heavy atom. The van der Waals surface area contributed by atoms with Crippen LogP contribution in [0.5, 0.6) is 0 Å². The van der Waals surface area contributed by atoms with Crippen molar-refractivity contribution in [2.75, 3.05) is 31.9 Å². The third-order valence-electron chi connectivity index (χ3n) is 6.68. The fraction of sp³-hybridized carbons (Fsp3) is 0.704. The van der Waals surface area contributed by atoms with Crippen LogP contribution in [0.25, 0.3) is 0 Å². The first kappa shape index (κ1) is 29.3. The van der Waals surface area contributed by atoms with E-state index in [1.54, 1.807) is 6.92 Å². The number of hydrogen-bond donors (Lipinski definition) is 0. The summed E-state index contributed by atoms with van der Waals surface area (Å²) in [6, 6.07) is 8.09. The maximum absolute atomic E-state index is 13.6. The summed E-state index contributed by atoms with van der Waals surface area (Å²) in [4.78, 5) is 29.9. The number of sulfonamides is 1. The van der Waals surface area contributed by atoms with Crippen molar-refractivity contribution in [3.63, 3.8) is 0 Å². The van der Waals surface area contributed by atoms with Crippen molar-refractivity contribution in [3.8, 4) is 0 Å². The first-order valence-electron chi connectivity index (χ1n) is 13.2. The fourth-order valence-corrected chi connectivity index (χ4v) is 5.73. The summed E-state index contributed by atoms with van der Waals surface area (Å²) in [7, 11) is -3.49. The maximum atomic E-state index is 13.6. The van der Waals surface area contributed by atoms with Crippen LogP contribution in [-0.4, -0.2) is 72.3 Å². The van der Waals surface area contributed by atoms with Gasteiger partial charge in [0.05, 0.1) is 12.3 Å². The Bertz CT molecular complexity index is 907. The molecule has 2 amide bonds. The first-order chi connectivity index (χ1) is 16.6. The lowest BCUT2D eigenvalue weighted by molar-refractivity contribution is -0.137. The van der Waals surface area contributed by atoms with E-state index in [1.165, 1.54) is 4.31 Å². The monoisotopic (exact) mass is 507 g/mol. The van der Waals surface area contributed by atoms with Crippen LogP contribution in [0.2, 0.25) is 0 Å². The summed E-state index contributed by atoms with van der Waals surface area (Å²) in [5.74, 6) is 0.127. The standard InChI is InChI=1S/C27H45N3O4S/c1-6-8-9-10-26(31)28-17-15-25(16-18-28)30(20-24-13-11-23(5)12-14-24)27(32)21-29(19-22(3)4)35(33,34)7-2/h11-14,22,25H,6-10,15-21H2,1-5H3. The van der Waals surface area contributed by atoms with Crippen molar-refractivity contribution < 1.29 is 18.0 Å². The van der Waals surface area contributed by atoms with E-state index in [1.807, 2.05) is 54.8 Å². The normalized spacial score (nSPS) is 15.1. The molecule has 0 unspecified atom stereocenters. The molecule has 8 heteroatoms. The second-order valence-corrected chi connectivity index (χ2v) is 12.4. The molecule has 0 bridgehead atoms. The van der Waals surface area contributed by atoms with Crippen LogP contribution < -0.4 is 0 Å². The van der Waals surface area contributed by atoms with Crippen LogP contribution in [0.3, 0.4) is 0 Å². The van der Waals surface area contributed by atoms with Gasteiger partial charge in [0, 0.05) is 38.6 Å². The average Bonchev–Trinajstić information content (AvgIpc) is 2.83. The second-order valence-electron chi connectivity index (χ2n) is 10.2. The highest BCUT2D eigenvalue weighted by molar-refractivity contribution is 7.89. The molecule has 0 saturated carbocycles. The lowest BCUT2D eigenvalue weighted by Crippen LogP contribution is -2.51. The van der Waals surface area contributed by atoms with Gasteiger partial charge in [0.2, 0.25) is 21.8 Å². The zero-order chi connectivity index (χ0) is 26.0. The zero-order valence-electron chi connectivity index (χ0n) is 22.3. The minimum atomic E-state index is -3.49. The van der Waals surface area contributed by atoms with Gasteiger partial charge in [0.15, 0.2) is 0 Å². The zero-order valence-corrected chi connectivity index (χ0v) is 23.1. The summed E-state index contributed by atoms with van der Waals surface area (Å²) in [5.41, 5.74) is 2.18. The van der Waals surface area contributed by atoms with Gasteiger partial charge in [-0.1, -0.05) is 63.4 Å². The number of benzene rings is 1. The molecule has 0 aromatic heterocycles. The summed E-state index contributed by atoms with van der Waals surface area (Å²) >= 11 is 0. The molecular weight excluding hydrogens is 462 g/mol. The Morgan fingerprint density at radius 1 is 1.06 bits per heavy atom. The Hall–Kier alpha value is -1.93. The van der Waals surface area contributed by atoms with Gasteiger partial charge in [-0.15, -0.1) is 0 Å². The summed E-state index contributed by atoms with van der Waals surface area (Å²) in [6.45, 7) is 11.6. The van der Waals surface area contributed by atoms with Crippen molar-refractivity contribution in [2.45, 2.75) is 85.7 Å². The molecule has 1 saturated heterocycles. The molecule has 0 spiro atoms. The van der Waals surface area contributed by atoms with Crippen LogP contribution >= 0.6 is 0 Å². The molecule has 1 aliphatic rings. The van der Waals surface area contributed by atoms with E-state index in [4.69, 9.17) is 0 Å². The lowest BCUT2D eigenvalue weighted by Gasteiger charge is -2.39. The minimum absolute atomic E-state index is 0.0197. The van der Waals surface area contributed by atoms with E-state index in [-0.39, 0.29) is 36.1 Å². The molecule has 1 fully saturated rings. The number of carbonyl (C=O) groups is 2. The third kappa shape index (κ3) is 9.22. The molecule has 1 heterocycles. The van der Waals surface area contributed by atoms with Crippen molar-refractivity contribution in [2.24, 2.45) is 5.92 Å². The summed E-state index contributed by atoms with van der Waals surface area (Å²) < 4.78 is 26.7. The van der Waals surface area contributed by atoms with Gasteiger partial charge >= 0.3 is 0 Å². The number of unbranched alkanes of at least 4 members (excludes halogenated alkanes) is 2. The van der Waals surface area contributed by atoms with Gasteiger partial charge in [-0.25, -0.2) is 8.42 Å². The van der Waals surface area contributed by atoms with Gasteiger partial charge < -0.3 is 9.80 Å². The van der Waals surface area contributed by atoms with E-state index in [0.29, 0.717) is 45.4 Å². The summed E-state index contributed by atoms with van der Waals surface area (Å²) in [6.07, 6.45) is 5.08. The van der Waals surface area contributed by atoms with E-state index in [9.17, 15) is 18.0 Å². The highest BCUT2D eigenvalue weighted by Crippen LogP contribution is 2.22. The minimum Gasteiger partial charge on any atom is -0.343 e. The van der Waals surface area contributed by atoms with Crippen molar-refractivity contribution in [1.29, 1.82) is 0 Å². The van der Waals surface area contributed by atoms with Gasteiger partial charge in [0.1, 0.15) is 0 Å². The predicted molar refractivity (Wildman–Crippen MR) is 141 cm³/mol. The molecule has 0 aliphatic carbocycles. The first-order valence-corrected chi connectivity index (χ1v) is 14.8. The number of piperidine rings is 1.